The number of benzene rings is 3. The fraction of sp³-hybridized carbons (Fsp3) is 0.0526. The van der Waals surface area contributed by atoms with Crippen molar-refractivity contribution < 1.29 is 0 Å². The Labute approximate surface area is 134 Å². The van der Waals surface area contributed by atoms with Crippen molar-refractivity contribution in [3.05, 3.63) is 72.6 Å². The van der Waals surface area contributed by atoms with Gasteiger partial charge in [-0.1, -0.05) is 42.5 Å². The highest BCUT2D eigenvalue weighted by atomic mass is 15.0. The molecule has 3 N–H and O–H groups in total. The Hall–Kier alpha value is -3.14. The molecule has 4 nitrogen and oxygen atoms in total. The molecule has 0 saturated heterocycles. The maximum atomic E-state index is 5.82. The van der Waals surface area contributed by atoms with E-state index in [1.165, 1.54) is 16.3 Å². The van der Waals surface area contributed by atoms with Gasteiger partial charge in [0.25, 0.3) is 0 Å². The molecule has 0 radical (unpaired) electrons. The van der Waals surface area contributed by atoms with Crippen LogP contribution in [-0.4, -0.2) is 9.97 Å². The summed E-state index contributed by atoms with van der Waals surface area (Å²) >= 11 is 0. The van der Waals surface area contributed by atoms with Gasteiger partial charge in [0.2, 0.25) is 0 Å². The lowest BCUT2D eigenvalue weighted by atomic mass is 10.0. The van der Waals surface area contributed by atoms with Crippen LogP contribution in [0.2, 0.25) is 0 Å². The average molecular weight is 300 g/mol. The van der Waals surface area contributed by atoms with Crippen molar-refractivity contribution in [3.63, 3.8) is 0 Å². The highest BCUT2D eigenvalue weighted by Gasteiger charge is 2.05. The standard InChI is InChI=1S/C19H16N4/c20-15-8-9-17-18(10-15)22-12-23-19(17)21-11-14-6-3-5-13-4-1-2-7-16(13)14/h1-10,12H,11,20H2,(H,21,22,23). The van der Waals surface area contributed by atoms with Gasteiger partial charge >= 0.3 is 0 Å². The van der Waals surface area contributed by atoms with Crippen molar-refractivity contribution in [2.24, 2.45) is 0 Å². The number of nitrogens with two attached hydrogens (primary N) is 1. The molecular weight excluding hydrogens is 284 g/mol. The molecule has 1 aromatic heterocycles. The van der Waals surface area contributed by atoms with Crippen LogP contribution in [0.15, 0.2) is 67.0 Å². The maximum Gasteiger partial charge on any atom is 0.137 e. The summed E-state index contributed by atoms with van der Waals surface area (Å²) in [5.41, 5.74) is 8.61. The van der Waals surface area contributed by atoms with Crippen molar-refractivity contribution in [3.8, 4) is 0 Å². The number of hydrogen-bond acceptors (Lipinski definition) is 4. The van der Waals surface area contributed by atoms with Crippen LogP contribution in [0.5, 0.6) is 0 Å². The fourth-order valence-electron chi connectivity index (χ4n) is 2.84. The smallest absolute Gasteiger partial charge is 0.137 e. The molecule has 0 atom stereocenters. The lowest BCUT2D eigenvalue weighted by Crippen LogP contribution is -2.03. The van der Waals surface area contributed by atoms with E-state index in [4.69, 9.17) is 5.73 Å². The molecule has 0 unspecified atom stereocenters. The van der Waals surface area contributed by atoms with Gasteiger partial charge in [0.1, 0.15) is 12.1 Å². The van der Waals surface area contributed by atoms with Crippen LogP contribution < -0.4 is 11.1 Å². The van der Waals surface area contributed by atoms with Crippen LogP contribution in [-0.2, 0) is 6.54 Å². The second-order valence-electron chi connectivity index (χ2n) is 5.49. The zero-order valence-corrected chi connectivity index (χ0v) is 12.5. The van der Waals surface area contributed by atoms with E-state index in [1.807, 2.05) is 18.2 Å². The third-order valence-electron chi connectivity index (χ3n) is 3.99. The van der Waals surface area contributed by atoms with Crippen molar-refractivity contribution in [2.45, 2.75) is 6.54 Å². The molecule has 0 fully saturated rings. The predicted octanol–water partition coefficient (Wildman–Crippen LogP) is 3.98. The van der Waals surface area contributed by atoms with Gasteiger partial charge in [-0.25, -0.2) is 9.97 Å². The summed E-state index contributed by atoms with van der Waals surface area (Å²) in [5, 5.41) is 6.90. The van der Waals surface area contributed by atoms with Gasteiger partial charge in [-0.05, 0) is 34.5 Å². The van der Waals surface area contributed by atoms with E-state index in [2.05, 4.69) is 57.7 Å². The zero-order valence-electron chi connectivity index (χ0n) is 12.5. The number of aromatic nitrogens is 2. The number of fused-ring (bicyclic) bond motifs is 2. The van der Waals surface area contributed by atoms with E-state index >= 15 is 0 Å². The molecule has 0 aliphatic heterocycles. The summed E-state index contributed by atoms with van der Waals surface area (Å²) in [7, 11) is 0. The van der Waals surface area contributed by atoms with Gasteiger partial charge in [-0.2, -0.15) is 0 Å². The summed E-state index contributed by atoms with van der Waals surface area (Å²) in [4.78, 5) is 8.65. The minimum Gasteiger partial charge on any atom is -0.399 e. The number of rotatable bonds is 3. The largest absolute Gasteiger partial charge is 0.399 e. The molecule has 4 aromatic rings. The van der Waals surface area contributed by atoms with Gasteiger partial charge in [0, 0.05) is 17.6 Å². The molecule has 0 spiro atoms. The Bertz CT molecular complexity index is 989. The van der Waals surface area contributed by atoms with E-state index in [9.17, 15) is 0 Å². The first kappa shape index (κ1) is 13.5. The fourth-order valence-corrected chi connectivity index (χ4v) is 2.84. The first-order chi connectivity index (χ1) is 11.3. The van der Waals surface area contributed by atoms with E-state index in [0.29, 0.717) is 12.2 Å². The number of hydrogen-bond donors (Lipinski definition) is 2. The van der Waals surface area contributed by atoms with E-state index < -0.39 is 0 Å². The number of nitrogen functional groups attached to an aromatic ring is 1. The monoisotopic (exact) mass is 300 g/mol. The highest BCUT2D eigenvalue weighted by Crippen LogP contribution is 2.23. The normalized spacial score (nSPS) is 11.0. The minimum absolute atomic E-state index is 0.705. The Balaban J connectivity index is 1.69. The molecule has 1 heterocycles. The van der Waals surface area contributed by atoms with Crippen molar-refractivity contribution in [1.29, 1.82) is 0 Å². The molecule has 112 valence electrons. The quantitative estimate of drug-likeness (QED) is 0.562. The van der Waals surface area contributed by atoms with Crippen LogP contribution in [0.25, 0.3) is 21.7 Å². The van der Waals surface area contributed by atoms with Gasteiger partial charge in [-0.15, -0.1) is 0 Å². The minimum atomic E-state index is 0.705. The average Bonchev–Trinajstić information content (AvgIpc) is 2.59. The zero-order chi connectivity index (χ0) is 15.6. The molecule has 4 rings (SSSR count). The van der Waals surface area contributed by atoms with Gasteiger partial charge in [0.15, 0.2) is 0 Å². The molecule has 0 amide bonds. The topological polar surface area (TPSA) is 63.8 Å². The molecule has 23 heavy (non-hydrogen) atoms. The lowest BCUT2D eigenvalue weighted by molar-refractivity contribution is 1.11. The maximum absolute atomic E-state index is 5.82. The Morgan fingerprint density at radius 2 is 1.74 bits per heavy atom. The van der Waals surface area contributed by atoms with Crippen LogP contribution in [0.1, 0.15) is 5.56 Å². The van der Waals surface area contributed by atoms with Crippen LogP contribution in [0.4, 0.5) is 11.5 Å². The third kappa shape index (κ3) is 2.55. The summed E-state index contributed by atoms with van der Waals surface area (Å²) in [6, 6.07) is 20.4. The Morgan fingerprint density at radius 3 is 2.70 bits per heavy atom. The summed E-state index contributed by atoms with van der Waals surface area (Å²) in [6.07, 6.45) is 1.56. The predicted molar refractivity (Wildman–Crippen MR) is 95.2 cm³/mol. The number of nitrogens with zero attached hydrogens (tertiary/aromatic N) is 2. The van der Waals surface area contributed by atoms with E-state index in [-0.39, 0.29) is 0 Å². The third-order valence-corrected chi connectivity index (χ3v) is 3.99. The van der Waals surface area contributed by atoms with Crippen molar-refractivity contribution >= 4 is 33.2 Å². The first-order valence-electron chi connectivity index (χ1n) is 7.52. The molecular formula is C19H16N4. The van der Waals surface area contributed by atoms with Gasteiger partial charge < -0.3 is 11.1 Å². The second-order valence-corrected chi connectivity index (χ2v) is 5.49. The van der Waals surface area contributed by atoms with E-state index in [1.54, 1.807) is 6.33 Å². The Kier molecular flexibility index (Phi) is 3.27. The SMILES string of the molecule is Nc1ccc2c(NCc3cccc4ccccc34)ncnc2c1. The summed E-state index contributed by atoms with van der Waals surface area (Å²) < 4.78 is 0. The van der Waals surface area contributed by atoms with Crippen LogP contribution >= 0.6 is 0 Å². The van der Waals surface area contributed by atoms with Crippen molar-refractivity contribution in [2.75, 3.05) is 11.1 Å². The van der Waals surface area contributed by atoms with Gasteiger partial charge in [-0.3, -0.25) is 0 Å². The molecule has 0 bridgehead atoms. The van der Waals surface area contributed by atoms with Gasteiger partial charge in [0.05, 0.1) is 5.52 Å². The van der Waals surface area contributed by atoms with Crippen LogP contribution in [0, 0.1) is 0 Å². The number of anilines is 2. The molecule has 0 aliphatic rings. The molecule has 0 aliphatic carbocycles. The first-order valence-corrected chi connectivity index (χ1v) is 7.52. The lowest BCUT2D eigenvalue weighted by Gasteiger charge is -2.10. The highest BCUT2D eigenvalue weighted by molar-refractivity contribution is 5.91. The Morgan fingerprint density at radius 1 is 0.870 bits per heavy atom. The molecule has 3 aromatic carbocycles. The molecule has 4 heteroatoms. The summed E-state index contributed by atoms with van der Waals surface area (Å²) in [6.45, 7) is 0.706. The van der Waals surface area contributed by atoms with Crippen molar-refractivity contribution in [1.82, 2.24) is 9.97 Å². The molecule has 0 saturated carbocycles. The number of nitrogens with one attached hydrogen (secondary N) is 1. The van der Waals surface area contributed by atoms with Crippen LogP contribution in [0.3, 0.4) is 0 Å². The van der Waals surface area contributed by atoms with E-state index in [0.717, 1.165) is 16.7 Å². The summed E-state index contributed by atoms with van der Waals surface area (Å²) in [5.74, 6) is 0.822. The second kappa shape index (κ2) is 5.57.